The number of anilines is 1. The molecule has 1 fully saturated rings. The van der Waals surface area contributed by atoms with E-state index < -0.39 is 5.60 Å². The second-order valence-electron chi connectivity index (χ2n) is 8.48. The van der Waals surface area contributed by atoms with Crippen molar-refractivity contribution in [3.05, 3.63) is 53.5 Å². The second kappa shape index (κ2) is 8.75. The van der Waals surface area contributed by atoms with E-state index in [-0.39, 0.29) is 17.7 Å². The minimum absolute atomic E-state index is 0.122. The van der Waals surface area contributed by atoms with Crippen molar-refractivity contribution in [3.8, 4) is 11.8 Å². The van der Waals surface area contributed by atoms with Crippen LogP contribution in [0, 0.1) is 11.8 Å². The lowest BCUT2D eigenvalue weighted by molar-refractivity contribution is 0.0682. The third kappa shape index (κ3) is 5.88. The average molecular weight is 395 g/mol. The van der Waals surface area contributed by atoms with Gasteiger partial charge >= 0.3 is 0 Å². The molecule has 0 saturated carbocycles. The number of likely N-dealkylation sites (tertiary alicyclic amines) is 1. The summed E-state index contributed by atoms with van der Waals surface area (Å²) in [4.78, 5) is 14.7. The summed E-state index contributed by atoms with van der Waals surface area (Å²) in [7, 11) is 0. The fraction of sp³-hybridized carbons (Fsp3) is 0.458. The molecule has 1 amide bonds. The minimum Gasteiger partial charge on any atom is -0.443 e. The zero-order chi connectivity index (χ0) is 21.0. The summed E-state index contributed by atoms with van der Waals surface area (Å²) in [5.41, 5.74) is 1.30. The number of amides is 1. The molecule has 5 nitrogen and oxygen atoms in total. The second-order valence-corrected chi connectivity index (χ2v) is 8.48. The van der Waals surface area contributed by atoms with Crippen LogP contribution < -0.4 is 5.32 Å². The molecule has 1 atom stereocenters. The Morgan fingerprint density at radius 1 is 1.24 bits per heavy atom. The maximum Gasteiger partial charge on any atom is 0.289 e. The molecule has 1 unspecified atom stereocenters. The quantitative estimate of drug-likeness (QED) is 0.761. The summed E-state index contributed by atoms with van der Waals surface area (Å²) in [6.07, 6.45) is 1.97. The number of benzene rings is 1. The largest absolute Gasteiger partial charge is 0.443 e. The number of carbonyl (C=O) groups is 1. The number of aliphatic hydroxyl groups is 1. The van der Waals surface area contributed by atoms with Crippen molar-refractivity contribution in [3.63, 3.8) is 0 Å². The van der Waals surface area contributed by atoms with Gasteiger partial charge in [-0.1, -0.05) is 31.9 Å². The summed E-state index contributed by atoms with van der Waals surface area (Å²) in [5, 5.41) is 13.2. The monoisotopic (exact) mass is 394 g/mol. The topological polar surface area (TPSA) is 65.7 Å². The normalized spacial score (nSPS) is 17.0. The fourth-order valence-corrected chi connectivity index (χ4v) is 3.37. The van der Waals surface area contributed by atoms with Crippen LogP contribution in [0.25, 0.3) is 0 Å². The first kappa shape index (κ1) is 21.0. The number of rotatable bonds is 4. The van der Waals surface area contributed by atoms with Crippen LogP contribution in [0.3, 0.4) is 0 Å². The smallest absolute Gasteiger partial charge is 0.289 e. The van der Waals surface area contributed by atoms with Gasteiger partial charge in [-0.15, -0.1) is 0 Å². The first-order valence-electron chi connectivity index (χ1n) is 10.2. The average Bonchev–Trinajstić information content (AvgIpc) is 3.15. The van der Waals surface area contributed by atoms with E-state index in [1.807, 2.05) is 4.90 Å². The minimum atomic E-state index is -1.10. The number of hydrogen-bond acceptors (Lipinski definition) is 4. The molecule has 1 aromatic heterocycles. The van der Waals surface area contributed by atoms with Gasteiger partial charge in [0.15, 0.2) is 11.5 Å². The van der Waals surface area contributed by atoms with Crippen molar-refractivity contribution in [2.45, 2.75) is 58.1 Å². The highest BCUT2D eigenvalue weighted by Crippen LogP contribution is 2.21. The van der Waals surface area contributed by atoms with E-state index in [1.54, 1.807) is 26.0 Å². The van der Waals surface area contributed by atoms with Crippen LogP contribution in [0.1, 0.15) is 68.3 Å². The van der Waals surface area contributed by atoms with Crippen LogP contribution in [0.2, 0.25) is 0 Å². The summed E-state index contributed by atoms with van der Waals surface area (Å²) in [5.74, 6) is 6.51. The van der Waals surface area contributed by atoms with Gasteiger partial charge in [-0.3, -0.25) is 4.79 Å². The van der Waals surface area contributed by atoms with E-state index in [2.05, 4.69) is 55.3 Å². The Kier molecular flexibility index (Phi) is 6.34. The molecule has 154 valence electrons. The van der Waals surface area contributed by atoms with E-state index in [0.717, 1.165) is 18.5 Å². The number of carbonyl (C=O) groups excluding carboxylic acids is 1. The highest BCUT2D eigenvalue weighted by atomic mass is 16.4. The molecular weight excluding hydrogens is 364 g/mol. The Labute approximate surface area is 173 Å². The van der Waals surface area contributed by atoms with Gasteiger partial charge in [0.25, 0.3) is 5.91 Å². The third-order valence-corrected chi connectivity index (χ3v) is 4.97. The maximum absolute atomic E-state index is 12.8. The van der Waals surface area contributed by atoms with Gasteiger partial charge in [0.05, 0.1) is 0 Å². The predicted molar refractivity (Wildman–Crippen MR) is 115 cm³/mol. The van der Waals surface area contributed by atoms with Crippen LogP contribution in [0.5, 0.6) is 0 Å². The summed E-state index contributed by atoms with van der Waals surface area (Å²) in [6, 6.07) is 12.0. The van der Waals surface area contributed by atoms with Crippen molar-refractivity contribution < 1.29 is 14.3 Å². The Hall–Kier alpha value is -2.71. The first-order valence-corrected chi connectivity index (χ1v) is 10.2. The molecule has 2 heterocycles. The number of piperidine rings is 1. The number of nitrogens with zero attached hydrogens (tertiary/aromatic N) is 1. The van der Waals surface area contributed by atoms with Crippen LogP contribution in [-0.2, 0) is 0 Å². The first-order chi connectivity index (χ1) is 13.7. The van der Waals surface area contributed by atoms with Crippen LogP contribution in [0.4, 0.5) is 5.69 Å². The fourth-order valence-electron chi connectivity index (χ4n) is 3.37. The highest BCUT2D eigenvalue weighted by molar-refractivity contribution is 5.91. The number of nitrogens with one attached hydrogen (secondary N) is 1. The van der Waals surface area contributed by atoms with E-state index in [1.165, 1.54) is 5.56 Å². The SMILES string of the molecule is CC(C)c1ccc(NC2CCCN(C(=O)c3ccc(C#CC(C)(C)O)o3)C2)cc1. The predicted octanol–water partition coefficient (Wildman–Crippen LogP) is 4.24. The summed E-state index contributed by atoms with van der Waals surface area (Å²) in [6.45, 7) is 8.93. The Morgan fingerprint density at radius 2 is 1.97 bits per heavy atom. The standard InChI is InChI=1S/C24H30N2O3/c1-17(2)18-7-9-19(10-8-18)25-20-6-5-15-26(16-20)23(27)22-12-11-21(29-22)13-14-24(3,4)28/h7-12,17,20,25,28H,5-6,15-16H2,1-4H3. The van der Waals surface area contributed by atoms with Gasteiger partial charge in [-0.2, -0.15) is 0 Å². The lowest BCUT2D eigenvalue weighted by Gasteiger charge is -2.33. The van der Waals surface area contributed by atoms with Crippen molar-refractivity contribution in [1.29, 1.82) is 0 Å². The zero-order valence-electron chi connectivity index (χ0n) is 17.7. The number of furan rings is 1. The molecule has 0 spiro atoms. The van der Waals surface area contributed by atoms with Gasteiger partial charge in [0.2, 0.25) is 0 Å². The van der Waals surface area contributed by atoms with E-state index >= 15 is 0 Å². The maximum atomic E-state index is 12.8. The lowest BCUT2D eigenvalue weighted by Crippen LogP contribution is -2.45. The Bertz CT molecular complexity index is 895. The van der Waals surface area contributed by atoms with Crippen molar-refractivity contribution in [1.82, 2.24) is 4.90 Å². The zero-order valence-corrected chi connectivity index (χ0v) is 17.7. The molecule has 5 heteroatoms. The summed E-state index contributed by atoms with van der Waals surface area (Å²) < 4.78 is 5.59. The molecule has 0 bridgehead atoms. The third-order valence-electron chi connectivity index (χ3n) is 4.97. The molecule has 2 N–H and O–H groups in total. The molecule has 2 aromatic rings. The van der Waals surface area contributed by atoms with Crippen molar-refractivity contribution in [2.24, 2.45) is 0 Å². The van der Waals surface area contributed by atoms with E-state index in [0.29, 0.717) is 24.8 Å². The van der Waals surface area contributed by atoms with E-state index in [4.69, 9.17) is 4.42 Å². The van der Waals surface area contributed by atoms with Crippen LogP contribution in [0.15, 0.2) is 40.8 Å². The molecule has 0 radical (unpaired) electrons. The van der Waals surface area contributed by atoms with E-state index in [9.17, 15) is 9.90 Å². The molecule has 1 aromatic carbocycles. The molecule has 3 rings (SSSR count). The summed E-state index contributed by atoms with van der Waals surface area (Å²) >= 11 is 0. The molecule has 1 saturated heterocycles. The van der Waals surface area contributed by atoms with Gasteiger partial charge in [0, 0.05) is 24.8 Å². The van der Waals surface area contributed by atoms with Crippen LogP contribution >= 0.6 is 0 Å². The van der Waals surface area contributed by atoms with Gasteiger partial charge in [0.1, 0.15) is 5.60 Å². The Morgan fingerprint density at radius 3 is 2.62 bits per heavy atom. The van der Waals surface area contributed by atoms with Gasteiger partial charge in [-0.05, 0) is 68.4 Å². The molecule has 1 aliphatic heterocycles. The van der Waals surface area contributed by atoms with Gasteiger partial charge < -0.3 is 19.7 Å². The highest BCUT2D eigenvalue weighted by Gasteiger charge is 2.26. The number of hydrogen-bond donors (Lipinski definition) is 2. The molecule has 29 heavy (non-hydrogen) atoms. The lowest BCUT2D eigenvalue weighted by atomic mass is 10.0. The molecular formula is C24H30N2O3. The molecule has 0 aliphatic carbocycles. The van der Waals surface area contributed by atoms with Crippen molar-refractivity contribution >= 4 is 11.6 Å². The Balaban J connectivity index is 1.62. The van der Waals surface area contributed by atoms with Crippen LogP contribution in [-0.4, -0.2) is 40.6 Å². The van der Waals surface area contributed by atoms with Gasteiger partial charge in [-0.25, -0.2) is 0 Å². The molecule has 1 aliphatic rings. The van der Waals surface area contributed by atoms with Crippen molar-refractivity contribution in [2.75, 3.05) is 18.4 Å².